The Kier molecular flexibility index (Phi) is 5.57. The van der Waals surface area contributed by atoms with Gasteiger partial charge in [0.05, 0.1) is 11.3 Å². The standard InChI is InChI=1S/C11H24N4O3S/c1-3-4-9-19(17,18)14-11(10(12)13-16)5-7-15(2)8-6-11/h14,16H,3-9H2,1-2H3,(H2,12,13). The van der Waals surface area contributed by atoms with Crippen molar-refractivity contribution in [2.24, 2.45) is 10.9 Å². The maximum atomic E-state index is 12.0. The molecule has 0 saturated carbocycles. The highest BCUT2D eigenvalue weighted by Crippen LogP contribution is 2.23. The molecule has 7 nitrogen and oxygen atoms in total. The van der Waals surface area contributed by atoms with Crippen molar-refractivity contribution in [1.82, 2.24) is 9.62 Å². The third-order valence-corrected chi connectivity index (χ3v) is 5.08. The van der Waals surface area contributed by atoms with Crippen molar-refractivity contribution in [3.8, 4) is 0 Å². The molecule has 1 heterocycles. The largest absolute Gasteiger partial charge is 0.409 e. The predicted molar refractivity (Wildman–Crippen MR) is 74.7 cm³/mol. The highest BCUT2D eigenvalue weighted by atomic mass is 32.2. The fraction of sp³-hybridized carbons (Fsp3) is 0.909. The summed E-state index contributed by atoms with van der Waals surface area (Å²) in [6.45, 7) is 3.34. The molecule has 0 amide bonds. The van der Waals surface area contributed by atoms with Crippen LogP contribution >= 0.6 is 0 Å². The molecule has 1 aliphatic rings. The number of rotatable bonds is 6. The van der Waals surface area contributed by atoms with Crippen molar-refractivity contribution in [3.63, 3.8) is 0 Å². The molecule has 8 heteroatoms. The number of nitrogens with zero attached hydrogens (tertiary/aromatic N) is 2. The molecule has 0 aromatic carbocycles. The summed E-state index contributed by atoms with van der Waals surface area (Å²) in [5, 5.41) is 11.9. The predicted octanol–water partition coefficient (Wildman–Crippen LogP) is -0.0833. The number of unbranched alkanes of at least 4 members (excludes halogenated alkanes) is 1. The lowest BCUT2D eigenvalue weighted by atomic mass is 9.88. The summed E-state index contributed by atoms with van der Waals surface area (Å²) >= 11 is 0. The minimum atomic E-state index is -3.41. The van der Waals surface area contributed by atoms with Gasteiger partial charge in [0.25, 0.3) is 0 Å². The Hall–Kier alpha value is -0.860. The summed E-state index contributed by atoms with van der Waals surface area (Å²) in [7, 11) is -1.45. The molecule has 0 radical (unpaired) electrons. The minimum absolute atomic E-state index is 0.0549. The number of nitrogens with two attached hydrogens (primary N) is 1. The summed E-state index contributed by atoms with van der Waals surface area (Å²) in [6.07, 6.45) is 2.41. The van der Waals surface area contributed by atoms with E-state index in [0.29, 0.717) is 32.4 Å². The van der Waals surface area contributed by atoms with E-state index in [4.69, 9.17) is 10.9 Å². The van der Waals surface area contributed by atoms with Gasteiger partial charge in [0.15, 0.2) is 5.84 Å². The van der Waals surface area contributed by atoms with Gasteiger partial charge in [-0.3, -0.25) is 0 Å². The number of likely N-dealkylation sites (tertiary alicyclic amines) is 1. The van der Waals surface area contributed by atoms with E-state index in [1.54, 1.807) is 0 Å². The second-order valence-electron chi connectivity index (χ2n) is 5.15. The fourth-order valence-corrected chi connectivity index (χ4v) is 3.86. The number of sulfonamides is 1. The zero-order valence-electron chi connectivity index (χ0n) is 11.6. The van der Waals surface area contributed by atoms with Gasteiger partial charge in [-0.05, 0) is 26.3 Å². The van der Waals surface area contributed by atoms with Crippen LogP contribution in [0.25, 0.3) is 0 Å². The Bertz CT molecular complexity index is 414. The van der Waals surface area contributed by atoms with Crippen LogP contribution in [0, 0.1) is 0 Å². The highest BCUT2D eigenvalue weighted by Gasteiger charge is 2.41. The normalized spacial score (nSPS) is 21.5. The third-order valence-electron chi connectivity index (χ3n) is 3.56. The number of piperidine rings is 1. The summed E-state index contributed by atoms with van der Waals surface area (Å²) in [6, 6.07) is 0. The SMILES string of the molecule is CCCCS(=O)(=O)NC1(/C(N)=N/O)CCN(C)CC1. The van der Waals surface area contributed by atoms with Gasteiger partial charge >= 0.3 is 0 Å². The molecule has 0 spiro atoms. The molecule has 112 valence electrons. The van der Waals surface area contributed by atoms with Crippen molar-refractivity contribution in [3.05, 3.63) is 0 Å². The lowest BCUT2D eigenvalue weighted by Gasteiger charge is -2.39. The van der Waals surface area contributed by atoms with Crippen LogP contribution in [0.3, 0.4) is 0 Å². The summed E-state index contributed by atoms with van der Waals surface area (Å²) < 4.78 is 26.7. The lowest BCUT2D eigenvalue weighted by Crippen LogP contribution is -2.62. The van der Waals surface area contributed by atoms with Gasteiger partial charge in [-0.1, -0.05) is 18.5 Å². The van der Waals surface area contributed by atoms with E-state index < -0.39 is 15.6 Å². The Morgan fingerprint density at radius 2 is 2.05 bits per heavy atom. The molecule has 0 aromatic rings. The Labute approximate surface area is 114 Å². The molecular formula is C11H24N4O3S. The summed E-state index contributed by atoms with van der Waals surface area (Å²) in [4.78, 5) is 2.09. The third kappa shape index (κ3) is 4.32. The van der Waals surface area contributed by atoms with E-state index in [1.807, 2.05) is 14.0 Å². The Morgan fingerprint density at radius 1 is 1.47 bits per heavy atom. The number of nitrogens with one attached hydrogen (secondary N) is 1. The quantitative estimate of drug-likeness (QED) is 0.274. The first kappa shape index (κ1) is 16.2. The van der Waals surface area contributed by atoms with Gasteiger partial charge in [-0.15, -0.1) is 0 Å². The van der Waals surface area contributed by atoms with Gasteiger partial charge in [-0.25, -0.2) is 13.1 Å². The zero-order valence-corrected chi connectivity index (χ0v) is 12.4. The molecular weight excluding hydrogens is 268 g/mol. The van der Waals surface area contributed by atoms with Crippen LogP contribution in [0.15, 0.2) is 5.16 Å². The topological polar surface area (TPSA) is 108 Å². The van der Waals surface area contributed by atoms with E-state index >= 15 is 0 Å². The van der Waals surface area contributed by atoms with E-state index in [9.17, 15) is 8.42 Å². The molecule has 0 aromatic heterocycles. The van der Waals surface area contributed by atoms with E-state index in [1.165, 1.54) is 0 Å². The lowest BCUT2D eigenvalue weighted by molar-refractivity contribution is 0.213. The molecule has 1 fully saturated rings. The molecule has 0 unspecified atom stereocenters. The van der Waals surface area contributed by atoms with Crippen LogP contribution in [-0.2, 0) is 10.0 Å². The smallest absolute Gasteiger partial charge is 0.212 e. The first-order chi connectivity index (χ1) is 8.85. The van der Waals surface area contributed by atoms with Gasteiger partial charge in [-0.2, -0.15) is 0 Å². The molecule has 0 bridgehead atoms. The van der Waals surface area contributed by atoms with Gasteiger partial charge in [0, 0.05) is 13.1 Å². The maximum Gasteiger partial charge on any atom is 0.212 e. The molecule has 1 aliphatic heterocycles. The fourth-order valence-electron chi connectivity index (χ4n) is 2.19. The monoisotopic (exact) mass is 292 g/mol. The van der Waals surface area contributed by atoms with E-state index in [2.05, 4.69) is 14.8 Å². The van der Waals surface area contributed by atoms with Crippen LogP contribution in [-0.4, -0.2) is 55.8 Å². The molecule has 0 aliphatic carbocycles. The van der Waals surface area contributed by atoms with E-state index in [0.717, 1.165) is 6.42 Å². The van der Waals surface area contributed by atoms with Crippen molar-refractivity contribution in [2.45, 2.75) is 38.1 Å². The van der Waals surface area contributed by atoms with E-state index in [-0.39, 0.29) is 11.6 Å². The number of oxime groups is 1. The molecule has 1 rings (SSSR count). The van der Waals surface area contributed by atoms with Crippen molar-refractivity contribution >= 4 is 15.9 Å². The van der Waals surface area contributed by atoms with Crippen molar-refractivity contribution < 1.29 is 13.6 Å². The zero-order chi connectivity index (χ0) is 14.5. The van der Waals surface area contributed by atoms with Gasteiger partial charge in [0.1, 0.15) is 0 Å². The average molecular weight is 292 g/mol. The molecule has 1 saturated heterocycles. The number of amidine groups is 1. The molecule has 4 N–H and O–H groups in total. The first-order valence-corrected chi connectivity index (χ1v) is 8.18. The summed E-state index contributed by atoms with van der Waals surface area (Å²) in [5.41, 5.74) is 4.77. The Balaban J connectivity index is 2.88. The number of hydrogen-bond acceptors (Lipinski definition) is 5. The van der Waals surface area contributed by atoms with Crippen LogP contribution in [0.1, 0.15) is 32.6 Å². The average Bonchev–Trinajstić information content (AvgIpc) is 2.38. The molecule has 0 atom stereocenters. The van der Waals surface area contributed by atoms with Crippen LogP contribution in [0.2, 0.25) is 0 Å². The van der Waals surface area contributed by atoms with Crippen LogP contribution in [0.4, 0.5) is 0 Å². The minimum Gasteiger partial charge on any atom is -0.409 e. The second kappa shape index (κ2) is 6.53. The number of hydrogen-bond donors (Lipinski definition) is 3. The van der Waals surface area contributed by atoms with Crippen molar-refractivity contribution in [2.75, 3.05) is 25.9 Å². The second-order valence-corrected chi connectivity index (χ2v) is 6.99. The van der Waals surface area contributed by atoms with Gasteiger partial charge < -0.3 is 15.8 Å². The molecule has 19 heavy (non-hydrogen) atoms. The Morgan fingerprint density at radius 3 is 2.53 bits per heavy atom. The maximum absolute atomic E-state index is 12.0. The summed E-state index contributed by atoms with van der Waals surface area (Å²) in [5.74, 6) is 0.0143. The first-order valence-electron chi connectivity index (χ1n) is 6.53. The highest BCUT2D eigenvalue weighted by molar-refractivity contribution is 7.89. The van der Waals surface area contributed by atoms with Gasteiger partial charge in [0.2, 0.25) is 10.0 Å². The van der Waals surface area contributed by atoms with Crippen LogP contribution < -0.4 is 10.5 Å². The van der Waals surface area contributed by atoms with Crippen molar-refractivity contribution in [1.29, 1.82) is 0 Å². The van der Waals surface area contributed by atoms with Crippen LogP contribution in [0.5, 0.6) is 0 Å².